The van der Waals surface area contributed by atoms with Crippen LogP contribution < -0.4 is 9.54 Å². The highest BCUT2D eigenvalue weighted by Crippen LogP contribution is 2.22. The maximum absolute atomic E-state index is 12.5. The number of ether oxygens (including phenoxy) is 1. The molecule has 0 aliphatic carbocycles. The Morgan fingerprint density at radius 2 is 2.17 bits per heavy atom. The first kappa shape index (κ1) is 16.4. The summed E-state index contributed by atoms with van der Waals surface area (Å²) in [6.45, 7) is 6.55. The molecule has 0 aliphatic rings. The van der Waals surface area contributed by atoms with Crippen LogP contribution in [-0.4, -0.2) is 26.9 Å². The van der Waals surface area contributed by atoms with Crippen molar-refractivity contribution in [1.29, 1.82) is 0 Å². The molecule has 0 bridgehead atoms. The Kier molecular flexibility index (Phi) is 4.53. The molecule has 0 N–H and O–H groups in total. The molecule has 2 heterocycles. The van der Waals surface area contributed by atoms with Gasteiger partial charge >= 0.3 is 0 Å². The summed E-state index contributed by atoms with van der Waals surface area (Å²) in [6.07, 6.45) is 1.63. The Bertz CT molecular complexity index is 949. The van der Waals surface area contributed by atoms with Crippen LogP contribution in [0, 0.1) is 0 Å². The van der Waals surface area contributed by atoms with Crippen LogP contribution in [0.1, 0.15) is 37.3 Å². The smallest absolute Gasteiger partial charge is 0.297 e. The number of rotatable bonds is 4. The Morgan fingerprint density at radius 3 is 2.88 bits per heavy atom. The van der Waals surface area contributed by atoms with Crippen LogP contribution in [0.4, 0.5) is 0 Å². The second kappa shape index (κ2) is 6.60. The van der Waals surface area contributed by atoms with E-state index >= 15 is 0 Å². The number of thiazole rings is 1. The largest absolute Gasteiger partial charge is 0.494 e. The summed E-state index contributed by atoms with van der Waals surface area (Å²) in [5.74, 6) is 0.538. The molecule has 0 fully saturated rings. The van der Waals surface area contributed by atoms with Crippen molar-refractivity contribution in [2.75, 3.05) is 6.61 Å². The van der Waals surface area contributed by atoms with Gasteiger partial charge < -0.3 is 9.30 Å². The summed E-state index contributed by atoms with van der Waals surface area (Å²) in [7, 11) is 1.91. The second-order valence-electron chi connectivity index (χ2n) is 5.68. The van der Waals surface area contributed by atoms with E-state index < -0.39 is 0 Å². The highest BCUT2D eigenvalue weighted by molar-refractivity contribution is 7.16. The highest BCUT2D eigenvalue weighted by Gasteiger charge is 2.14. The van der Waals surface area contributed by atoms with Crippen LogP contribution in [0.15, 0.2) is 35.5 Å². The van der Waals surface area contributed by atoms with Crippen LogP contribution in [0.5, 0.6) is 5.75 Å². The van der Waals surface area contributed by atoms with Crippen molar-refractivity contribution in [3.05, 3.63) is 41.0 Å². The maximum Gasteiger partial charge on any atom is 0.297 e. The number of aromatic nitrogens is 3. The molecule has 0 saturated carbocycles. The normalized spacial score (nSPS) is 12.3. The lowest BCUT2D eigenvalue weighted by Gasteiger charge is -2.07. The Morgan fingerprint density at radius 1 is 1.38 bits per heavy atom. The van der Waals surface area contributed by atoms with E-state index in [1.165, 1.54) is 11.3 Å². The SMILES string of the molecule is CCOc1ccc2c(c1)sc(=NC(=O)c1ccnn1C(C)C)n2C. The van der Waals surface area contributed by atoms with Gasteiger partial charge in [-0.2, -0.15) is 10.1 Å². The monoisotopic (exact) mass is 344 g/mol. The van der Waals surface area contributed by atoms with Gasteiger partial charge in [0.15, 0.2) is 4.80 Å². The molecule has 0 spiro atoms. The molecule has 2 aromatic heterocycles. The summed E-state index contributed by atoms with van der Waals surface area (Å²) in [6, 6.07) is 7.70. The predicted molar refractivity (Wildman–Crippen MR) is 94.5 cm³/mol. The van der Waals surface area contributed by atoms with Crippen LogP contribution in [0.3, 0.4) is 0 Å². The van der Waals surface area contributed by atoms with E-state index in [2.05, 4.69) is 10.1 Å². The summed E-state index contributed by atoms with van der Waals surface area (Å²) in [5.41, 5.74) is 1.52. The molecule has 3 aromatic rings. The Hall–Kier alpha value is -2.41. The molecule has 126 valence electrons. The molecule has 3 rings (SSSR count). The van der Waals surface area contributed by atoms with Gasteiger partial charge in [0.05, 0.1) is 16.8 Å². The lowest BCUT2D eigenvalue weighted by atomic mass is 10.3. The van der Waals surface area contributed by atoms with E-state index in [1.54, 1.807) is 16.9 Å². The molecule has 24 heavy (non-hydrogen) atoms. The Labute approximate surface area is 144 Å². The fraction of sp³-hybridized carbons (Fsp3) is 0.353. The number of aryl methyl sites for hydroxylation is 1. The van der Waals surface area contributed by atoms with Crippen molar-refractivity contribution in [2.45, 2.75) is 26.8 Å². The molecular weight excluding hydrogens is 324 g/mol. The number of fused-ring (bicyclic) bond motifs is 1. The zero-order valence-corrected chi connectivity index (χ0v) is 15.0. The molecule has 0 unspecified atom stereocenters. The molecule has 0 saturated heterocycles. The lowest BCUT2D eigenvalue weighted by molar-refractivity contribution is 0.0986. The van der Waals surface area contributed by atoms with Gasteiger partial charge in [0, 0.05) is 19.3 Å². The number of hydrogen-bond acceptors (Lipinski definition) is 4. The lowest BCUT2D eigenvalue weighted by Crippen LogP contribution is -2.16. The summed E-state index contributed by atoms with van der Waals surface area (Å²) in [5, 5.41) is 4.19. The fourth-order valence-corrected chi connectivity index (χ4v) is 3.56. The standard InChI is InChI=1S/C17H20N4O2S/c1-5-23-12-6-7-13-15(10-12)24-17(20(13)4)19-16(22)14-8-9-18-21(14)11(2)3/h6-11H,5H2,1-4H3. The summed E-state index contributed by atoms with van der Waals surface area (Å²) in [4.78, 5) is 17.5. The van der Waals surface area contributed by atoms with Crippen LogP contribution in [0.2, 0.25) is 0 Å². The van der Waals surface area contributed by atoms with Crippen LogP contribution in [0.25, 0.3) is 10.2 Å². The van der Waals surface area contributed by atoms with Crippen LogP contribution >= 0.6 is 11.3 Å². The van der Waals surface area contributed by atoms with Crippen molar-refractivity contribution >= 4 is 27.5 Å². The van der Waals surface area contributed by atoms with E-state index in [9.17, 15) is 4.79 Å². The molecule has 7 heteroatoms. The zero-order valence-electron chi connectivity index (χ0n) is 14.2. The van der Waals surface area contributed by atoms with Gasteiger partial charge in [-0.3, -0.25) is 9.48 Å². The number of amides is 1. The van der Waals surface area contributed by atoms with Crippen molar-refractivity contribution < 1.29 is 9.53 Å². The van der Waals surface area contributed by atoms with Crippen LogP contribution in [-0.2, 0) is 7.05 Å². The number of benzene rings is 1. The molecule has 1 amide bonds. The maximum atomic E-state index is 12.5. The second-order valence-corrected chi connectivity index (χ2v) is 6.69. The molecule has 0 radical (unpaired) electrons. The third kappa shape index (κ3) is 2.99. The van der Waals surface area contributed by atoms with Gasteiger partial charge in [-0.05, 0) is 45.0 Å². The zero-order chi connectivity index (χ0) is 17.3. The van der Waals surface area contributed by atoms with E-state index in [1.807, 2.05) is 50.6 Å². The third-order valence-corrected chi connectivity index (χ3v) is 4.76. The molecule has 0 aliphatic heterocycles. The van der Waals surface area contributed by atoms with Gasteiger partial charge in [-0.25, -0.2) is 0 Å². The number of carbonyl (C=O) groups excluding carboxylic acids is 1. The van der Waals surface area contributed by atoms with Gasteiger partial charge in [0.2, 0.25) is 0 Å². The summed E-state index contributed by atoms with van der Waals surface area (Å²) < 4.78 is 10.2. The van der Waals surface area contributed by atoms with Gasteiger partial charge in [0.1, 0.15) is 11.4 Å². The van der Waals surface area contributed by atoms with Crippen molar-refractivity contribution in [2.24, 2.45) is 12.0 Å². The number of nitrogens with zero attached hydrogens (tertiary/aromatic N) is 4. The minimum Gasteiger partial charge on any atom is -0.494 e. The number of carbonyl (C=O) groups is 1. The van der Waals surface area contributed by atoms with E-state index in [4.69, 9.17) is 4.74 Å². The fourth-order valence-electron chi connectivity index (χ4n) is 2.52. The third-order valence-electron chi connectivity index (χ3n) is 3.67. The first-order chi connectivity index (χ1) is 11.5. The molecule has 6 nitrogen and oxygen atoms in total. The molecular formula is C17H20N4O2S. The topological polar surface area (TPSA) is 61.4 Å². The van der Waals surface area contributed by atoms with Crippen molar-refractivity contribution in [3.63, 3.8) is 0 Å². The quantitative estimate of drug-likeness (QED) is 0.730. The average molecular weight is 344 g/mol. The first-order valence-electron chi connectivity index (χ1n) is 7.86. The van der Waals surface area contributed by atoms with Gasteiger partial charge in [-0.1, -0.05) is 11.3 Å². The predicted octanol–water partition coefficient (Wildman–Crippen LogP) is 3.16. The number of hydrogen-bond donors (Lipinski definition) is 0. The van der Waals surface area contributed by atoms with Gasteiger partial charge in [0.25, 0.3) is 5.91 Å². The highest BCUT2D eigenvalue weighted by atomic mass is 32.1. The van der Waals surface area contributed by atoms with E-state index in [-0.39, 0.29) is 11.9 Å². The average Bonchev–Trinajstić information content (AvgIpc) is 3.14. The molecule has 1 aromatic carbocycles. The van der Waals surface area contributed by atoms with Crippen molar-refractivity contribution in [1.82, 2.24) is 14.3 Å². The minimum absolute atomic E-state index is 0.110. The molecule has 0 atom stereocenters. The van der Waals surface area contributed by atoms with E-state index in [0.29, 0.717) is 17.1 Å². The Balaban J connectivity index is 2.04. The van der Waals surface area contributed by atoms with Crippen molar-refractivity contribution in [3.8, 4) is 5.75 Å². The van der Waals surface area contributed by atoms with Gasteiger partial charge in [-0.15, -0.1) is 0 Å². The summed E-state index contributed by atoms with van der Waals surface area (Å²) >= 11 is 1.47. The minimum atomic E-state index is -0.284. The van der Waals surface area contributed by atoms with E-state index in [0.717, 1.165) is 16.0 Å². The first-order valence-corrected chi connectivity index (χ1v) is 8.68.